The van der Waals surface area contributed by atoms with Gasteiger partial charge in [-0.2, -0.15) is 0 Å². The number of carboxylic acids is 1. The molecule has 0 aliphatic carbocycles. The largest absolute Gasteiger partial charge is 0.480 e. The lowest BCUT2D eigenvalue weighted by molar-refractivity contribution is -0.139. The second kappa shape index (κ2) is 4.74. The highest BCUT2D eigenvalue weighted by Crippen LogP contribution is 2.14. The number of rotatable bonds is 4. The Hall–Kier alpha value is -1.39. The van der Waals surface area contributed by atoms with Gasteiger partial charge >= 0.3 is 5.97 Å². The third-order valence-electron chi connectivity index (χ3n) is 2.11. The Kier molecular flexibility index (Phi) is 3.62. The van der Waals surface area contributed by atoms with Crippen molar-refractivity contribution in [2.45, 2.75) is 12.1 Å². The van der Waals surface area contributed by atoms with Crippen LogP contribution in [0.3, 0.4) is 0 Å². The Morgan fingerprint density at radius 2 is 2.00 bits per heavy atom. The molecule has 1 aromatic carbocycles. The fraction of sp³-hybridized carbons (Fsp3) is 0.300. The van der Waals surface area contributed by atoms with Crippen molar-refractivity contribution in [3.63, 3.8) is 0 Å². The van der Waals surface area contributed by atoms with Crippen LogP contribution in [-0.2, 0) is 4.79 Å². The average Bonchev–Trinajstić information content (AvgIpc) is 2.20. The molecule has 0 spiro atoms. The van der Waals surface area contributed by atoms with Crippen LogP contribution in [0.2, 0.25) is 0 Å². The lowest BCUT2D eigenvalue weighted by Gasteiger charge is -2.20. The predicted octanol–water partition coefficient (Wildman–Crippen LogP) is 0.359. The Morgan fingerprint density at radius 3 is 2.43 bits per heavy atom. The summed E-state index contributed by atoms with van der Waals surface area (Å²) in [5, 5.41) is 11.7. The molecule has 1 rings (SSSR count). The molecule has 0 bridgehead atoms. The van der Waals surface area contributed by atoms with Crippen molar-refractivity contribution in [2.24, 2.45) is 5.73 Å². The first-order chi connectivity index (χ1) is 6.66. The van der Waals surface area contributed by atoms with Crippen LogP contribution in [0.4, 0.5) is 0 Å². The van der Waals surface area contributed by atoms with Crippen LogP contribution in [0.15, 0.2) is 30.3 Å². The van der Waals surface area contributed by atoms with Crippen LogP contribution in [-0.4, -0.2) is 24.2 Å². The Labute approximate surface area is 82.7 Å². The van der Waals surface area contributed by atoms with Crippen LogP contribution in [0, 0.1) is 0 Å². The molecule has 76 valence electrons. The van der Waals surface area contributed by atoms with Gasteiger partial charge in [-0.1, -0.05) is 30.3 Å². The molecule has 0 heterocycles. The van der Waals surface area contributed by atoms with E-state index >= 15 is 0 Å². The topological polar surface area (TPSA) is 75.3 Å². The normalized spacial score (nSPS) is 14.7. The van der Waals surface area contributed by atoms with E-state index in [1.165, 1.54) is 0 Å². The van der Waals surface area contributed by atoms with E-state index in [0.717, 1.165) is 5.56 Å². The standard InChI is InChI=1S/C10H14N2O2/c1-12-9(8(11)10(13)14)7-5-3-2-4-6-7/h2-6,8-9,12H,11H2,1H3,(H,13,14). The maximum absolute atomic E-state index is 10.7. The van der Waals surface area contributed by atoms with Crippen molar-refractivity contribution in [1.82, 2.24) is 5.32 Å². The predicted molar refractivity (Wildman–Crippen MR) is 53.9 cm³/mol. The Balaban J connectivity index is 2.87. The van der Waals surface area contributed by atoms with Crippen LogP contribution < -0.4 is 11.1 Å². The zero-order chi connectivity index (χ0) is 10.6. The number of hydrogen-bond acceptors (Lipinski definition) is 3. The minimum absolute atomic E-state index is 0.353. The summed E-state index contributed by atoms with van der Waals surface area (Å²) in [6, 6.07) is 8.01. The maximum Gasteiger partial charge on any atom is 0.322 e. The molecule has 0 aliphatic rings. The maximum atomic E-state index is 10.7. The highest BCUT2D eigenvalue weighted by Gasteiger charge is 2.23. The number of aliphatic carboxylic acids is 1. The van der Waals surface area contributed by atoms with Crippen molar-refractivity contribution >= 4 is 5.97 Å². The summed E-state index contributed by atoms with van der Waals surface area (Å²) >= 11 is 0. The van der Waals surface area contributed by atoms with Gasteiger partial charge in [0.05, 0.1) is 6.04 Å². The summed E-state index contributed by atoms with van der Waals surface area (Å²) in [7, 11) is 1.69. The number of carbonyl (C=O) groups is 1. The van der Waals surface area contributed by atoms with Crippen molar-refractivity contribution in [3.05, 3.63) is 35.9 Å². The first kappa shape index (κ1) is 10.7. The summed E-state index contributed by atoms with van der Waals surface area (Å²) in [5.74, 6) is -1.01. The third kappa shape index (κ3) is 2.31. The van der Waals surface area contributed by atoms with Crippen LogP contribution >= 0.6 is 0 Å². The fourth-order valence-corrected chi connectivity index (χ4v) is 1.36. The van der Waals surface area contributed by atoms with Crippen LogP contribution in [0.1, 0.15) is 11.6 Å². The van der Waals surface area contributed by atoms with E-state index in [9.17, 15) is 4.79 Å². The third-order valence-corrected chi connectivity index (χ3v) is 2.11. The molecule has 0 saturated carbocycles. The number of nitrogens with two attached hydrogens (primary N) is 1. The summed E-state index contributed by atoms with van der Waals surface area (Å²) in [4.78, 5) is 10.7. The van der Waals surface area contributed by atoms with Gasteiger partial charge < -0.3 is 16.2 Å². The molecule has 2 unspecified atom stereocenters. The zero-order valence-electron chi connectivity index (χ0n) is 7.97. The van der Waals surface area contributed by atoms with Crippen LogP contribution in [0.5, 0.6) is 0 Å². The van der Waals surface area contributed by atoms with Gasteiger partial charge in [0.15, 0.2) is 0 Å². The molecule has 0 fully saturated rings. The lowest BCUT2D eigenvalue weighted by Crippen LogP contribution is -2.42. The Bertz CT molecular complexity index is 300. The van der Waals surface area contributed by atoms with E-state index in [4.69, 9.17) is 10.8 Å². The van der Waals surface area contributed by atoms with Gasteiger partial charge in [-0.05, 0) is 12.6 Å². The van der Waals surface area contributed by atoms with Gasteiger partial charge in [-0.3, -0.25) is 4.79 Å². The van der Waals surface area contributed by atoms with E-state index < -0.39 is 12.0 Å². The van der Waals surface area contributed by atoms with Crippen LogP contribution in [0.25, 0.3) is 0 Å². The van der Waals surface area contributed by atoms with Crippen molar-refractivity contribution < 1.29 is 9.90 Å². The molecule has 0 aliphatic heterocycles. The minimum atomic E-state index is -1.01. The van der Waals surface area contributed by atoms with E-state index in [-0.39, 0.29) is 6.04 Å². The van der Waals surface area contributed by atoms with Gasteiger partial charge in [0, 0.05) is 0 Å². The van der Waals surface area contributed by atoms with Crippen molar-refractivity contribution in [3.8, 4) is 0 Å². The molecule has 0 saturated heterocycles. The monoisotopic (exact) mass is 194 g/mol. The molecule has 2 atom stereocenters. The van der Waals surface area contributed by atoms with Gasteiger partial charge in [0.2, 0.25) is 0 Å². The second-order valence-corrected chi connectivity index (χ2v) is 3.04. The first-order valence-electron chi connectivity index (χ1n) is 4.37. The zero-order valence-corrected chi connectivity index (χ0v) is 7.97. The molecule has 14 heavy (non-hydrogen) atoms. The van der Waals surface area contributed by atoms with Gasteiger partial charge in [0.25, 0.3) is 0 Å². The highest BCUT2D eigenvalue weighted by atomic mass is 16.4. The van der Waals surface area contributed by atoms with Gasteiger partial charge in [-0.25, -0.2) is 0 Å². The molecule has 0 amide bonds. The highest BCUT2D eigenvalue weighted by molar-refractivity contribution is 5.74. The number of hydrogen-bond donors (Lipinski definition) is 3. The minimum Gasteiger partial charge on any atom is -0.480 e. The molecule has 4 N–H and O–H groups in total. The van der Waals surface area contributed by atoms with Gasteiger partial charge in [-0.15, -0.1) is 0 Å². The summed E-state index contributed by atoms with van der Waals surface area (Å²) in [6.07, 6.45) is 0. The molecule has 0 aromatic heterocycles. The van der Waals surface area contributed by atoms with E-state index in [2.05, 4.69) is 5.32 Å². The van der Waals surface area contributed by atoms with Gasteiger partial charge in [0.1, 0.15) is 6.04 Å². The summed E-state index contributed by atoms with van der Waals surface area (Å²) < 4.78 is 0. The first-order valence-corrected chi connectivity index (χ1v) is 4.37. The fourth-order valence-electron chi connectivity index (χ4n) is 1.36. The molecule has 0 radical (unpaired) electrons. The van der Waals surface area contributed by atoms with E-state index in [1.54, 1.807) is 7.05 Å². The quantitative estimate of drug-likeness (QED) is 0.647. The number of likely N-dealkylation sites (N-methyl/N-ethyl adjacent to an activating group) is 1. The molecule has 1 aromatic rings. The summed E-state index contributed by atoms with van der Waals surface area (Å²) in [5.41, 5.74) is 6.42. The molecular formula is C10H14N2O2. The van der Waals surface area contributed by atoms with Crippen molar-refractivity contribution in [2.75, 3.05) is 7.05 Å². The van der Waals surface area contributed by atoms with Crippen molar-refractivity contribution in [1.29, 1.82) is 0 Å². The summed E-state index contributed by atoms with van der Waals surface area (Å²) in [6.45, 7) is 0. The number of carboxylic acid groups (broad SMARTS) is 1. The Morgan fingerprint density at radius 1 is 1.43 bits per heavy atom. The van der Waals surface area contributed by atoms with E-state index in [0.29, 0.717) is 0 Å². The molecular weight excluding hydrogens is 180 g/mol. The smallest absolute Gasteiger partial charge is 0.322 e. The lowest BCUT2D eigenvalue weighted by atomic mass is 10.0. The molecule has 4 nitrogen and oxygen atoms in total. The average molecular weight is 194 g/mol. The second-order valence-electron chi connectivity index (χ2n) is 3.04. The van der Waals surface area contributed by atoms with E-state index in [1.807, 2.05) is 30.3 Å². The number of benzene rings is 1. The molecule has 4 heteroatoms. The number of nitrogens with one attached hydrogen (secondary N) is 1. The SMILES string of the molecule is CNC(c1ccccc1)C(N)C(=O)O.